The molecule has 90 valence electrons. The molecule has 1 rings (SSSR count). The number of ether oxygens (including phenoxy) is 1. The molecule has 0 saturated carbocycles. The molecule has 0 spiro atoms. The van der Waals surface area contributed by atoms with Crippen LogP contribution in [0.3, 0.4) is 0 Å². The molecule has 1 aromatic carbocycles. The monoisotopic (exact) mass is 237 g/mol. The lowest BCUT2D eigenvalue weighted by Crippen LogP contribution is -2.49. The maximum absolute atomic E-state index is 5.92. The van der Waals surface area contributed by atoms with E-state index in [0.717, 1.165) is 11.4 Å². The van der Waals surface area contributed by atoms with Crippen LogP contribution in [-0.2, 0) is 0 Å². The minimum atomic E-state index is -1.52. The zero-order valence-corrected chi connectivity index (χ0v) is 12.2. The first-order valence-electron chi connectivity index (χ1n) is 5.63. The molecule has 0 saturated heterocycles. The van der Waals surface area contributed by atoms with Gasteiger partial charge in [0.05, 0.1) is 15.2 Å². The molecule has 16 heavy (non-hydrogen) atoms. The summed E-state index contributed by atoms with van der Waals surface area (Å²) in [6, 6.07) is 6.10. The lowest BCUT2D eigenvalue weighted by Gasteiger charge is -2.37. The van der Waals surface area contributed by atoms with Gasteiger partial charge < -0.3 is 10.5 Å². The lowest BCUT2D eigenvalue weighted by molar-refractivity contribution is 0.415. The van der Waals surface area contributed by atoms with Gasteiger partial charge >= 0.3 is 0 Å². The predicted molar refractivity (Wildman–Crippen MR) is 74.2 cm³/mol. The number of rotatable bonds is 2. The average Bonchev–Trinajstić information content (AvgIpc) is 2.15. The van der Waals surface area contributed by atoms with Gasteiger partial charge in [-0.05, 0) is 17.2 Å². The summed E-state index contributed by atoms with van der Waals surface area (Å²) in [5.41, 5.74) is 6.71. The van der Waals surface area contributed by atoms with Crippen molar-refractivity contribution in [2.75, 3.05) is 12.8 Å². The third-order valence-electron chi connectivity index (χ3n) is 3.76. The highest BCUT2D eigenvalue weighted by Gasteiger charge is 2.37. The van der Waals surface area contributed by atoms with Crippen LogP contribution < -0.4 is 15.7 Å². The molecule has 0 fully saturated rings. The van der Waals surface area contributed by atoms with Crippen molar-refractivity contribution in [3.63, 3.8) is 0 Å². The van der Waals surface area contributed by atoms with Crippen LogP contribution in [0.5, 0.6) is 5.75 Å². The molecular weight excluding hydrogens is 214 g/mol. The van der Waals surface area contributed by atoms with Crippen LogP contribution in [0.25, 0.3) is 0 Å². The molecule has 0 aliphatic carbocycles. The first-order valence-corrected chi connectivity index (χ1v) is 8.63. The largest absolute Gasteiger partial charge is 0.497 e. The number of methoxy groups -OCH3 is 1. The summed E-state index contributed by atoms with van der Waals surface area (Å²) in [5.74, 6) is 0.861. The second kappa shape index (κ2) is 4.13. The van der Waals surface area contributed by atoms with Gasteiger partial charge in [-0.2, -0.15) is 0 Å². The third kappa shape index (κ3) is 2.40. The first kappa shape index (κ1) is 13.1. The van der Waals surface area contributed by atoms with Crippen LogP contribution in [0, 0.1) is 0 Å². The summed E-state index contributed by atoms with van der Waals surface area (Å²) >= 11 is 0. The summed E-state index contributed by atoms with van der Waals surface area (Å²) < 4.78 is 5.29. The highest BCUT2D eigenvalue weighted by molar-refractivity contribution is 6.92. The van der Waals surface area contributed by atoms with Gasteiger partial charge in [0.25, 0.3) is 0 Å². The minimum absolute atomic E-state index is 0.311. The van der Waals surface area contributed by atoms with Crippen molar-refractivity contribution in [1.29, 1.82) is 0 Å². The van der Waals surface area contributed by atoms with E-state index in [1.807, 2.05) is 6.07 Å². The standard InChI is InChI=1S/C13H23NOSi/c1-13(2,3)16(5,6)12-8-10(14)7-11(9-12)15-4/h7-9H,14H2,1-6H3. The van der Waals surface area contributed by atoms with Gasteiger partial charge in [0.2, 0.25) is 0 Å². The molecule has 3 heteroatoms. The third-order valence-corrected chi connectivity index (χ3v) is 9.24. The number of benzene rings is 1. The summed E-state index contributed by atoms with van der Waals surface area (Å²) in [6.07, 6.45) is 0. The van der Waals surface area contributed by atoms with E-state index in [2.05, 4.69) is 46.0 Å². The second-order valence-corrected chi connectivity index (χ2v) is 11.2. The minimum Gasteiger partial charge on any atom is -0.497 e. The Kier molecular flexibility index (Phi) is 3.38. The summed E-state index contributed by atoms with van der Waals surface area (Å²) in [7, 11) is 0.165. The van der Waals surface area contributed by atoms with Gasteiger partial charge in [-0.1, -0.05) is 39.1 Å². The maximum Gasteiger partial charge on any atom is 0.120 e. The van der Waals surface area contributed by atoms with Gasteiger partial charge in [-0.3, -0.25) is 0 Å². The molecule has 0 aliphatic rings. The van der Waals surface area contributed by atoms with Crippen molar-refractivity contribution in [2.24, 2.45) is 0 Å². The van der Waals surface area contributed by atoms with E-state index >= 15 is 0 Å². The average molecular weight is 237 g/mol. The number of hydrogen-bond donors (Lipinski definition) is 1. The Labute approximate surface area is 99.8 Å². The maximum atomic E-state index is 5.92. The molecule has 0 radical (unpaired) electrons. The fraction of sp³-hybridized carbons (Fsp3) is 0.538. The number of hydrogen-bond acceptors (Lipinski definition) is 2. The van der Waals surface area contributed by atoms with E-state index in [9.17, 15) is 0 Å². The molecule has 0 heterocycles. The Morgan fingerprint density at radius 2 is 1.69 bits per heavy atom. The summed E-state index contributed by atoms with van der Waals surface area (Å²) in [5, 5.41) is 1.67. The van der Waals surface area contributed by atoms with Crippen LogP contribution in [0.15, 0.2) is 18.2 Å². The Morgan fingerprint density at radius 3 is 2.12 bits per heavy atom. The molecule has 1 aromatic rings. The van der Waals surface area contributed by atoms with E-state index in [1.54, 1.807) is 7.11 Å². The Hall–Kier alpha value is -0.963. The van der Waals surface area contributed by atoms with Crippen LogP contribution >= 0.6 is 0 Å². The van der Waals surface area contributed by atoms with Crippen molar-refractivity contribution >= 4 is 18.9 Å². The molecule has 0 unspecified atom stereocenters. The zero-order valence-electron chi connectivity index (χ0n) is 11.2. The van der Waals surface area contributed by atoms with Gasteiger partial charge in [0.1, 0.15) is 5.75 Å². The SMILES string of the molecule is COc1cc(N)cc([Si](C)(C)C(C)(C)C)c1. The molecule has 0 aliphatic heterocycles. The van der Waals surface area contributed by atoms with Gasteiger partial charge in [0.15, 0.2) is 0 Å². The molecule has 0 amide bonds. The summed E-state index contributed by atoms with van der Waals surface area (Å²) in [4.78, 5) is 0. The smallest absolute Gasteiger partial charge is 0.120 e. The second-order valence-electron chi connectivity index (χ2n) is 5.87. The van der Waals surface area contributed by atoms with Crippen molar-refractivity contribution in [3.8, 4) is 5.75 Å². The lowest BCUT2D eigenvalue weighted by atomic mass is 10.2. The fourth-order valence-corrected chi connectivity index (χ4v) is 3.43. The quantitative estimate of drug-likeness (QED) is 0.634. The fourth-order valence-electron chi connectivity index (χ4n) is 1.53. The van der Waals surface area contributed by atoms with Crippen molar-refractivity contribution in [2.45, 2.75) is 38.9 Å². The number of nitrogens with two attached hydrogens (primary N) is 1. The number of nitrogen functional groups attached to an aromatic ring is 1. The molecule has 0 bridgehead atoms. The van der Waals surface area contributed by atoms with Crippen molar-refractivity contribution < 1.29 is 4.74 Å². The van der Waals surface area contributed by atoms with E-state index in [4.69, 9.17) is 10.5 Å². The van der Waals surface area contributed by atoms with Gasteiger partial charge in [-0.15, -0.1) is 0 Å². The molecule has 0 atom stereocenters. The topological polar surface area (TPSA) is 35.2 Å². The Balaban J connectivity index is 3.27. The van der Waals surface area contributed by atoms with Crippen LogP contribution in [0.2, 0.25) is 18.1 Å². The van der Waals surface area contributed by atoms with Crippen LogP contribution in [0.1, 0.15) is 20.8 Å². The highest BCUT2D eigenvalue weighted by atomic mass is 28.3. The molecule has 0 aromatic heterocycles. The van der Waals surface area contributed by atoms with E-state index in [1.165, 1.54) is 5.19 Å². The molecule has 2 nitrogen and oxygen atoms in total. The van der Waals surface area contributed by atoms with Gasteiger partial charge in [0, 0.05) is 11.8 Å². The van der Waals surface area contributed by atoms with E-state index in [0.29, 0.717) is 5.04 Å². The van der Waals surface area contributed by atoms with E-state index < -0.39 is 8.07 Å². The Morgan fingerprint density at radius 1 is 1.12 bits per heavy atom. The molecular formula is C13H23NOSi. The zero-order chi connectivity index (χ0) is 12.6. The Bertz CT molecular complexity index is 380. The molecule has 2 N–H and O–H groups in total. The normalized spacial score (nSPS) is 12.6. The van der Waals surface area contributed by atoms with Gasteiger partial charge in [-0.25, -0.2) is 0 Å². The number of anilines is 1. The van der Waals surface area contributed by atoms with Crippen molar-refractivity contribution in [1.82, 2.24) is 0 Å². The first-order chi connectivity index (χ1) is 7.18. The highest BCUT2D eigenvalue weighted by Crippen LogP contribution is 2.36. The van der Waals surface area contributed by atoms with E-state index in [-0.39, 0.29) is 0 Å². The van der Waals surface area contributed by atoms with Crippen LogP contribution in [-0.4, -0.2) is 15.2 Å². The van der Waals surface area contributed by atoms with Crippen LogP contribution in [0.4, 0.5) is 5.69 Å². The summed E-state index contributed by atoms with van der Waals surface area (Å²) in [6.45, 7) is 11.7. The predicted octanol–water partition coefficient (Wildman–Crippen LogP) is 2.99. The van der Waals surface area contributed by atoms with Crippen molar-refractivity contribution in [3.05, 3.63) is 18.2 Å².